The van der Waals surface area contributed by atoms with Crippen LogP contribution in [0.15, 0.2) is 60.8 Å². The Morgan fingerprint density at radius 3 is 2.72 bits per heavy atom. The molecule has 146 valence electrons. The van der Waals surface area contributed by atoms with Crippen LogP contribution in [0.5, 0.6) is 0 Å². The molecule has 2 N–H and O–H groups in total. The fourth-order valence-electron chi connectivity index (χ4n) is 3.46. The molecule has 8 heteroatoms. The molecule has 0 aliphatic carbocycles. The number of anilines is 1. The molecule has 29 heavy (non-hydrogen) atoms. The molecule has 2 aromatic carbocycles. The maximum atomic E-state index is 12.5. The highest BCUT2D eigenvalue weighted by atomic mass is 16.6. The van der Waals surface area contributed by atoms with Gasteiger partial charge in [0.05, 0.1) is 4.92 Å². The lowest BCUT2D eigenvalue weighted by Crippen LogP contribution is -2.41. The molecular formula is C21H18N4O4. The van der Waals surface area contributed by atoms with Gasteiger partial charge in [-0.15, -0.1) is 0 Å². The van der Waals surface area contributed by atoms with Crippen LogP contribution in [0.1, 0.15) is 12.0 Å². The second-order valence-corrected chi connectivity index (χ2v) is 6.74. The predicted octanol–water partition coefficient (Wildman–Crippen LogP) is 3.33. The molecule has 0 saturated heterocycles. The smallest absolute Gasteiger partial charge is 0.313 e. The molecule has 1 aliphatic rings. The van der Waals surface area contributed by atoms with Crippen molar-refractivity contribution < 1.29 is 14.5 Å². The van der Waals surface area contributed by atoms with Crippen LogP contribution in [0, 0.1) is 10.1 Å². The van der Waals surface area contributed by atoms with Crippen LogP contribution in [-0.4, -0.2) is 39.7 Å². The zero-order valence-electron chi connectivity index (χ0n) is 15.4. The number of non-ortho nitro benzene ring substituents is 1. The largest absolute Gasteiger partial charge is 0.361 e. The first-order valence-corrected chi connectivity index (χ1v) is 9.13. The lowest BCUT2D eigenvalue weighted by atomic mass is 9.99. The van der Waals surface area contributed by atoms with E-state index in [1.165, 1.54) is 29.2 Å². The van der Waals surface area contributed by atoms with Gasteiger partial charge in [-0.2, -0.15) is 0 Å². The minimum absolute atomic E-state index is 0.153. The predicted molar refractivity (Wildman–Crippen MR) is 109 cm³/mol. The number of benzene rings is 2. The third kappa shape index (κ3) is 3.73. The van der Waals surface area contributed by atoms with Crippen molar-refractivity contribution in [1.29, 1.82) is 0 Å². The van der Waals surface area contributed by atoms with Crippen LogP contribution >= 0.6 is 0 Å². The Bertz CT molecular complexity index is 1150. The van der Waals surface area contributed by atoms with E-state index >= 15 is 0 Å². The average molecular weight is 390 g/mol. The van der Waals surface area contributed by atoms with Gasteiger partial charge in [-0.1, -0.05) is 30.3 Å². The van der Waals surface area contributed by atoms with Gasteiger partial charge in [0.1, 0.15) is 0 Å². The van der Waals surface area contributed by atoms with Gasteiger partial charge in [0, 0.05) is 53.6 Å². The van der Waals surface area contributed by atoms with Gasteiger partial charge < -0.3 is 15.2 Å². The number of aromatic amines is 1. The number of rotatable bonds is 3. The van der Waals surface area contributed by atoms with E-state index in [-0.39, 0.29) is 11.4 Å². The van der Waals surface area contributed by atoms with E-state index in [9.17, 15) is 19.7 Å². The number of nitro benzene ring substituents is 1. The average Bonchev–Trinajstić information content (AvgIpc) is 3.17. The van der Waals surface area contributed by atoms with Crippen LogP contribution in [0.3, 0.4) is 0 Å². The first-order chi connectivity index (χ1) is 14.0. The van der Waals surface area contributed by atoms with Gasteiger partial charge in [-0.3, -0.25) is 19.7 Å². The van der Waals surface area contributed by atoms with Crippen molar-refractivity contribution in [2.75, 3.05) is 18.4 Å². The number of nitrogens with one attached hydrogen (secondary N) is 2. The first-order valence-electron chi connectivity index (χ1n) is 9.13. The maximum absolute atomic E-state index is 12.5. The van der Waals surface area contributed by atoms with Crippen LogP contribution in [0.4, 0.5) is 11.4 Å². The van der Waals surface area contributed by atoms with Crippen molar-refractivity contribution in [2.24, 2.45) is 0 Å². The molecule has 0 atom stereocenters. The highest BCUT2D eigenvalue weighted by Gasteiger charge is 2.25. The summed E-state index contributed by atoms with van der Waals surface area (Å²) < 4.78 is 0. The second-order valence-electron chi connectivity index (χ2n) is 6.74. The third-order valence-electron chi connectivity index (χ3n) is 4.94. The van der Waals surface area contributed by atoms with Crippen LogP contribution in [0.2, 0.25) is 0 Å². The van der Waals surface area contributed by atoms with Gasteiger partial charge >= 0.3 is 11.8 Å². The van der Waals surface area contributed by atoms with Gasteiger partial charge in [0.25, 0.3) is 5.69 Å². The van der Waals surface area contributed by atoms with Crippen molar-refractivity contribution >= 4 is 39.7 Å². The summed E-state index contributed by atoms with van der Waals surface area (Å²) in [5, 5.41) is 14.4. The maximum Gasteiger partial charge on any atom is 0.313 e. The Balaban J connectivity index is 1.44. The molecule has 0 radical (unpaired) electrons. The van der Waals surface area contributed by atoms with Crippen molar-refractivity contribution in [3.05, 3.63) is 76.5 Å². The van der Waals surface area contributed by atoms with Crippen molar-refractivity contribution in [3.63, 3.8) is 0 Å². The molecule has 4 rings (SSSR count). The van der Waals surface area contributed by atoms with Crippen LogP contribution in [-0.2, 0) is 9.59 Å². The Hall–Kier alpha value is -3.94. The zero-order valence-corrected chi connectivity index (χ0v) is 15.4. The topological polar surface area (TPSA) is 108 Å². The zero-order chi connectivity index (χ0) is 20.4. The lowest BCUT2D eigenvalue weighted by Gasteiger charge is -2.26. The lowest BCUT2D eigenvalue weighted by molar-refractivity contribution is -0.384. The summed E-state index contributed by atoms with van der Waals surface area (Å²) in [6.07, 6.45) is 4.55. The number of aromatic nitrogens is 1. The normalized spacial score (nSPS) is 13.8. The van der Waals surface area contributed by atoms with E-state index in [1.807, 2.05) is 36.5 Å². The van der Waals surface area contributed by atoms with E-state index in [4.69, 9.17) is 0 Å². The summed E-state index contributed by atoms with van der Waals surface area (Å²) in [7, 11) is 0. The number of H-pyrrole nitrogens is 1. The van der Waals surface area contributed by atoms with Crippen molar-refractivity contribution in [3.8, 4) is 0 Å². The van der Waals surface area contributed by atoms with E-state index < -0.39 is 16.7 Å². The second kappa shape index (κ2) is 7.59. The molecule has 0 fully saturated rings. The van der Waals surface area contributed by atoms with E-state index in [2.05, 4.69) is 10.3 Å². The Labute approximate surface area is 166 Å². The van der Waals surface area contributed by atoms with E-state index in [0.717, 1.165) is 22.0 Å². The van der Waals surface area contributed by atoms with E-state index in [0.29, 0.717) is 19.5 Å². The Morgan fingerprint density at radius 2 is 1.97 bits per heavy atom. The van der Waals surface area contributed by atoms with Gasteiger partial charge in [0.15, 0.2) is 0 Å². The number of carbonyl (C=O) groups excluding carboxylic acids is 2. The summed E-state index contributed by atoms with van der Waals surface area (Å²) in [6, 6.07) is 13.5. The van der Waals surface area contributed by atoms with Gasteiger partial charge in [0.2, 0.25) is 0 Å². The molecule has 3 aromatic rings. The number of nitrogens with zero attached hydrogens (tertiary/aromatic N) is 2. The molecular weight excluding hydrogens is 372 g/mol. The Morgan fingerprint density at radius 1 is 1.14 bits per heavy atom. The molecule has 0 unspecified atom stereocenters. The molecule has 2 heterocycles. The number of hydrogen-bond acceptors (Lipinski definition) is 4. The number of nitro groups is 1. The molecule has 8 nitrogen and oxygen atoms in total. The minimum atomic E-state index is -0.811. The summed E-state index contributed by atoms with van der Waals surface area (Å²) in [5.74, 6) is -1.47. The molecule has 1 aromatic heterocycles. The summed E-state index contributed by atoms with van der Waals surface area (Å²) >= 11 is 0. The van der Waals surface area contributed by atoms with Gasteiger partial charge in [-0.05, 0) is 24.1 Å². The number of carbonyl (C=O) groups is 2. The first kappa shape index (κ1) is 18.4. The number of hydrogen-bond donors (Lipinski definition) is 2. The summed E-state index contributed by atoms with van der Waals surface area (Å²) in [6.45, 7) is 0.753. The third-order valence-corrected chi connectivity index (χ3v) is 4.94. The fourth-order valence-corrected chi connectivity index (χ4v) is 3.46. The van der Waals surface area contributed by atoms with Crippen LogP contribution < -0.4 is 5.32 Å². The quantitative estimate of drug-likeness (QED) is 0.406. The summed E-state index contributed by atoms with van der Waals surface area (Å²) in [4.78, 5) is 39.7. The van der Waals surface area contributed by atoms with Crippen molar-refractivity contribution in [1.82, 2.24) is 9.88 Å². The number of fused-ring (bicyclic) bond motifs is 1. The molecule has 0 saturated carbocycles. The minimum Gasteiger partial charge on any atom is -0.361 e. The molecule has 0 spiro atoms. The van der Waals surface area contributed by atoms with Crippen LogP contribution in [0.25, 0.3) is 16.5 Å². The summed E-state index contributed by atoms with van der Waals surface area (Å²) in [5.41, 5.74) is 3.35. The van der Waals surface area contributed by atoms with Crippen molar-refractivity contribution in [2.45, 2.75) is 6.42 Å². The fraction of sp³-hybridized carbons (Fsp3) is 0.143. The van der Waals surface area contributed by atoms with Gasteiger partial charge in [-0.25, -0.2) is 0 Å². The molecule has 1 aliphatic heterocycles. The highest BCUT2D eigenvalue weighted by molar-refractivity contribution is 6.39. The standard InChI is InChI=1S/C21H18N4O4/c26-20(23-15-4-3-5-16(12-15)25(28)29)21(27)24-10-8-14(9-11-24)18-13-22-19-7-2-1-6-17(18)19/h1-8,12-13,22H,9-11H2,(H,23,26). The SMILES string of the molecule is O=C(Nc1cccc([N+](=O)[O-])c1)C(=O)N1CC=C(c2c[nH]c3ccccc23)CC1. The number of para-hydroxylation sites is 1. The molecule has 0 bridgehead atoms. The molecule has 2 amide bonds. The van der Waals surface area contributed by atoms with E-state index in [1.54, 1.807) is 0 Å². The Kier molecular flexibility index (Phi) is 4.82. The number of amides is 2. The highest BCUT2D eigenvalue weighted by Crippen LogP contribution is 2.29. The monoisotopic (exact) mass is 390 g/mol.